The highest BCUT2D eigenvalue weighted by molar-refractivity contribution is 7.10. The second kappa shape index (κ2) is 5.18. The van der Waals surface area contributed by atoms with Gasteiger partial charge in [0.1, 0.15) is 6.04 Å². The van der Waals surface area contributed by atoms with Gasteiger partial charge in [-0.25, -0.2) is 4.79 Å². The Labute approximate surface area is 121 Å². The molecule has 3 rings (SSSR count). The lowest BCUT2D eigenvalue weighted by atomic mass is 9.91. The van der Waals surface area contributed by atoms with Crippen molar-refractivity contribution in [3.63, 3.8) is 0 Å². The lowest BCUT2D eigenvalue weighted by Gasteiger charge is -2.40. The van der Waals surface area contributed by atoms with E-state index in [1.54, 1.807) is 23.3 Å². The van der Waals surface area contributed by atoms with Crippen LogP contribution in [0.1, 0.15) is 35.7 Å². The number of piperidine rings is 1. The molecule has 1 amide bonds. The normalized spacial score (nSPS) is 29.6. The second-order valence-corrected chi connectivity index (χ2v) is 6.39. The van der Waals surface area contributed by atoms with Gasteiger partial charge in [-0.1, -0.05) is 0 Å². The number of carbonyl (C=O) groups is 2. The standard InChI is InChI=1S/C14H18N2O3S/c1-15-9-7-12-8(5-6-20-12)10-3-2-4-11(14(18)19)16(10)13(9)17/h5-6,9-11,15H,2-4,7H2,1H3,(H,18,19)/t9-,10-,11-/m0/s1. The minimum atomic E-state index is -0.892. The Kier molecular flexibility index (Phi) is 3.52. The molecule has 0 unspecified atom stereocenters. The van der Waals surface area contributed by atoms with Crippen LogP contribution in [-0.4, -0.2) is 41.0 Å². The lowest BCUT2D eigenvalue weighted by molar-refractivity contribution is -0.155. The van der Waals surface area contributed by atoms with Crippen LogP contribution in [0.3, 0.4) is 0 Å². The zero-order valence-corrected chi connectivity index (χ0v) is 12.2. The molecule has 0 radical (unpaired) electrons. The van der Waals surface area contributed by atoms with Crippen molar-refractivity contribution in [3.05, 3.63) is 21.9 Å². The number of carboxylic acid groups (broad SMARTS) is 1. The number of fused-ring (bicyclic) bond motifs is 3. The van der Waals surface area contributed by atoms with Gasteiger partial charge in [-0.2, -0.15) is 0 Å². The molecule has 108 valence electrons. The number of carbonyl (C=O) groups excluding carboxylic acids is 1. The average Bonchev–Trinajstić information content (AvgIpc) is 2.87. The third kappa shape index (κ3) is 2.03. The first-order valence-electron chi connectivity index (χ1n) is 6.92. The van der Waals surface area contributed by atoms with Crippen LogP contribution in [0.5, 0.6) is 0 Å². The summed E-state index contributed by atoms with van der Waals surface area (Å²) in [4.78, 5) is 27.0. The van der Waals surface area contributed by atoms with E-state index in [0.29, 0.717) is 12.8 Å². The van der Waals surface area contributed by atoms with Crippen molar-refractivity contribution in [3.8, 4) is 0 Å². The minimum Gasteiger partial charge on any atom is -0.480 e. The minimum absolute atomic E-state index is 0.0723. The maximum absolute atomic E-state index is 12.7. The fourth-order valence-electron chi connectivity index (χ4n) is 3.35. The molecule has 1 aromatic heterocycles. The zero-order valence-electron chi connectivity index (χ0n) is 11.3. The highest BCUT2D eigenvalue weighted by Gasteiger charge is 2.44. The number of nitrogens with one attached hydrogen (secondary N) is 1. The Hall–Kier alpha value is -1.40. The zero-order chi connectivity index (χ0) is 14.3. The van der Waals surface area contributed by atoms with Gasteiger partial charge in [-0.05, 0) is 43.3 Å². The van der Waals surface area contributed by atoms with Crippen LogP contribution >= 0.6 is 11.3 Å². The number of rotatable bonds is 2. The van der Waals surface area contributed by atoms with E-state index in [9.17, 15) is 14.7 Å². The van der Waals surface area contributed by atoms with E-state index < -0.39 is 12.0 Å². The summed E-state index contributed by atoms with van der Waals surface area (Å²) in [6, 6.07) is 0.963. The largest absolute Gasteiger partial charge is 0.480 e. The highest BCUT2D eigenvalue weighted by atomic mass is 32.1. The monoisotopic (exact) mass is 294 g/mol. The van der Waals surface area contributed by atoms with Gasteiger partial charge in [0.25, 0.3) is 0 Å². The maximum atomic E-state index is 12.7. The first-order valence-corrected chi connectivity index (χ1v) is 7.80. The quantitative estimate of drug-likeness (QED) is 0.865. The number of carboxylic acids is 1. The molecule has 0 saturated carbocycles. The Bertz CT molecular complexity index is 542. The lowest BCUT2D eigenvalue weighted by Crippen LogP contribution is -2.54. The summed E-state index contributed by atoms with van der Waals surface area (Å²) in [7, 11) is 1.76. The first kappa shape index (κ1) is 13.6. The van der Waals surface area contributed by atoms with E-state index in [1.165, 1.54) is 4.88 Å². The number of hydrogen-bond acceptors (Lipinski definition) is 4. The molecule has 1 fully saturated rings. The molecule has 1 saturated heterocycles. The van der Waals surface area contributed by atoms with E-state index >= 15 is 0 Å². The van der Waals surface area contributed by atoms with E-state index in [-0.39, 0.29) is 18.0 Å². The Balaban J connectivity index is 2.07. The number of thiophene rings is 1. The molecule has 2 aliphatic rings. The molecule has 3 atom stereocenters. The van der Waals surface area contributed by atoms with Gasteiger partial charge in [0.05, 0.1) is 12.1 Å². The van der Waals surface area contributed by atoms with Crippen molar-refractivity contribution in [1.29, 1.82) is 0 Å². The summed E-state index contributed by atoms with van der Waals surface area (Å²) < 4.78 is 0. The van der Waals surface area contributed by atoms with Crippen molar-refractivity contribution in [2.24, 2.45) is 0 Å². The number of hydrogen-bond donors (Lipinski definition) is 2. The van der Waals surface area contributed by atoms with E-state index in [2.05, 4.69) is 5.32 Å². The summed E-state index contributed by atoms with van der Waals surface area (Å²) in [6.45, 7) is 0. The van der Waals surface area contributed by atoms with Gasteiger partial charge in [0.2, 0.25) is 5.91 Å². The van der Waals surface area contributed by atoms with Crippen molar-refractivity contribution < 1.29 is 14.7 Å². The SMILES string of the molecule is CN[C@H]1Cc2sccc2[C@@H]2CCC[C@@H](C(=O)O)N2C1=O. The van der Waals surface area contributed by atoms with Gasteiger partial charge in [-0.3, -0.25) is 4.79 Å². The number of nitrogens with zero attached hydrogens (tertiary/aromatic N) is 1. The maximum Gasteiger partial charge on any atom is 0.326 e. The fourth-order valence-corrected chi connectivity index (χ4v) is 4.33. The molecule has 20 heavy (non-hydrogen) atoms. The highest BCUT2D eigenvalue weighted by Crippen LogP contribution is 2.40. The molecule has 0 aliphatic carbocycles. The second-order valence-electron chi connectivity index (χ2n) is 5.39. The van der Waals surface area contributed by atoms with Gasteiger partial charge in [-0.15, -0.1) is 11.3 Å². The van der Waals surface area contributed by atoms with Crippen LogP contribution in [0.4, 0.5) is 0 Å². The summed E-state index contributed by atoms with van der Waals surface area (Å²) in [6.07, 6.45) is 2.91. The molecule has 0 aromatic carbocycles. The Morgan fingerprint density at radius 3 is 3.00 bits per heavy atom. The van der Waals surface area contributed by atoms with Crippen molar-refractivity contribution in [2.75, 3.05) is 7.05 Å². The molecule has 6 heteroatoms. The topological polar surface area (TPSA) is 69.6 Å². The number of amides is 1. The number of aliphatic carboxylic acids is 1. The predicted molar refractivity (Wildman–Crippen MR) is 75.7 cm³/mol. The molecular weight excluding hydrogens is 276 g/mol. The average molecular weight is 294 g/mol. The van der Waals surface area contributed by atoms with Crippen LogP contribution in [0.25, 0.3) is 0 Å². The van der Waals surface area contributed by atoms with Crippen molar-refractivity contribution in [1.82, 2.24) is 10.2 Å². The van der Waals surface area contributed by atoms with Crippen molar-refractivity contribution in [2.45, 2.75) is 43.8 Å². The number of likely N-dealkylation sites (N-methyl/N-ethyl adjacent to an activating group) is 1. The smallest absolute Gasteiger partial charge is 0.326 e. The molecule has 2 aliphatic heterocycles. The van der Waals surface area contributed by atoms with Crippen LogP contribution in [-0.2, 0) is 16.0 Å². The molecular formula is C14H18N2O3S. The fraction of sp³-hybridized carbons (Fsp3) is 0.571. The molecule has 2 N–H and O–H groups in total. The molecule has 1 aromatic rings. The van der Waals surface area contributed by atoms with Gasteiger partial charge >= 0.3 is 5.97 Å². The summed E-state index contributed by atoms with van der Waals surface area (Å²) in [5, 5.41) is 14.5. The van der Waals surface area contributed by atoms with Crippen LogP contribution in [0.15, 0.2) is 11.4 Å². The van der Waals surface area contributed by atoms with Crippen LogP contribution in [0.2, 0.25) is 0 Å². The van der Waals surface area contributed by atoms with E-state index in [0.717, 1.165) is 18.4 Å². The van der Waals surface area contributed by atoms with E-state index in [1.807, 2.05) is 11.4 Å². The summed E-state index contributed by atoms with van der Waals surface area (Å²) in [5.41, 5.74) is 1.15. The van der Waals surface area contributed by atoms with Crippen LogP contribution < -0.4 is 5.32 Å². The van der Waals surface area contributed by atoms with Gasteiger partial charge in [0, 0.05) is 11.3 Å². The van der Waals surface area contributed by atoms with Gasteiger partial charge < -0.3 is 15.3 Å². The molecule has 5 nitrogen and oxygen atoms in total. The molecule has 0 spiro atoms. The van der Waals surface area contributed by atoms with Gasteiger partial charge in [0.15, 0.2) is 0 Å². The Morgan fingerprint density at radius 2 is 2.30 bits per heavy atom. The van der Waals surface area contributed by atoms with E-state index in [4.69, 9.17) is 0 Å². The van der Waals surface area contributed by atoms with Crippen LogP contribution in [0, 0.1) is 0 Å². The Morgan fingerprint density at radius 1 is 1.50 bits per heavy atom. The first-order chi connectivity index (χ1) is 9.63. The van der Waals surface area contributed by atoms with Crippen molar-refractivity contribution >= 4 is 23.2 Å². The molecule has 3 heterocycles. The summed E-state index contributed by atoms with van der Waals surface area (Å²) in [5.74, 6) is -0.968. The third-order valence-corrected chi connectivity index (χ3v) is 5.30. The third-order valence-electron chi connectivity index (χ3n) is 4.34. The summed E-state index contributed by atoms with van der Waals surface area (Å²) >= 11 is 1.66. The predicted octanol–water partition coefficient (Wildman–Crippen LogP) is 1.40. The molecule has 0 bridgehead atoms.